The third kappa shape index (κ3) is 6.86. The first kappa shape index (κ1) is 33.8. The molecule has 0 amide bonds. The first-order valence-corrected chi connectivity index (χ1v) is 17.5. The van der Waals surface area contributed by atoms with Crippen LogP contribution in [0.2, 0.25) is 0 Å². The van der Waals surface area contributed by atoms with E-state index in [2.05, 4.69) is 88.7 Å². The summed E-state index contributed by atoms with van der Waals surface area (Å²) < 4.78 is 0. The molecule has 0 fully saturated rings. The van der Waals surface area contributed by atoms with Crippen LogP contribution in [0.25, 0.3) is 11.1 Å². The number of anilines is 4. The fraction of sp³-hybridized carbons (Fsp3) is 0.0455. The van der Waals surface area contributed by atoms with Gasteiger partial charge in [0.05, 0.1) is 10.5 Å². The molecule has 1 aliphatic rings. The summed E-state index contributed by atoms with van der Waals surface area (Å²) in [7, 11) is 4.08. The lowest BCUT2D eigenvalue weighted by atomic mass is 9.91. The summed E-state index contributed by atoms with van der Waals surface area (Å²) in [6.07, 6.45) is 0. The van der Waals surface area contributed by atoms with Crippen LogP contribution in [-0.4, -0.2) is 24.1 Å². The van der Waals surface area contributed by atoms with Crippen LogP contribution in [-0.2, 0) is 0 Å². The number of thioether (sulfide) groups is 1. The summed E-state index contributed by atoms with van der Waals surface area (Å²) in [5.74, 6) is 0. The molecular weight excluding hydrogens is 663 g/mol. The highest BCUT2D eigenvalue weighted by Gasteiger charge is 2.32. The van der Waals surface area contributed by atoms with Crippen molar-refractivity contribution < 1.29 is 4.92 Å². The van der Waals surface area contributed by atoms with Crippen molar-refractivity contribution in [2.75, 3.05) is 23.9 Å². The van der Waals surface area contributed by atoms with Crippen LogP contribution >= 0.6 is 11.8 Å². The number of aliphatic imine (C=N–C) groups is 1. The van der Waals surface area contributed by atoms with Gasteiger partial charge >= 0.3 is 0 Å². The van der Waals surface area contributed by atoms with Crippen LogP contribution in [0.1, 0.15) is 16.7 Å². The molecule has 0 radical (unpaired) electrons. The van der Waals surface area contributed by atoms with Gasteiger partial charge in [0, 0.05) is 59.0 Å². The third-order valence-electron chi connectivity index (χ3n) is 8.96. The lowest BCUT2D eigenvalue weighted by Gasteiger charge is -2.22. The van der Waals surface area contributed by atoms with Crippen LogP contribution in [0.4, 0.5) is 34.1 Å². The molecule has 52 heavy (non-hydrogen) atoms. The van der Waals surface area contributed by atoms with E-state index in [0.717, 1.165) is 55.5 Å². The minimum absolute atomic E-state index is 0.122. The molecule has 0 atom stereocenters. The van der Waals surface area contributed by atoms with Crippen molar-refractivity contribution >= 4 is 62.1 Å². The normalized spacial score (nSPS) is 13.2. The number of nitrogens with zero attached hydrogens (tertiary/aromatic N) is 5. The molecule has 252 valence electrons. The molecule has 8 heteroatoms. The van der Waals surface area contributed by atoms with E-state index >= 15 is 0 Å². The molecule has 1 heterocycles. The van der Waals surface area contributed by atoms with Gasteiger partial charge in [0.1, 0.15) is 16.8 Å². The van der Waals surface area contributed by atoms with E-state index in [4.69, 9.17) is 4.99 Å². The smallest absolute Gasteiger partial charge is 0.294 e. The Hall–Kier alpha value is -6.69. The van der Waals surface area contributed by atoms with Gasteiger partial charge in [0.15, 0.2) is 0 Å². The maximum atomic E-state index is 11.9. The topological polar surface area (TPSA) is 85.8 Å². The number of benzene rings is 6. The van der Waals surface area contributed by atoms with E-state index in [1.807, 2.05) is 80.8 Å². The largest absolute Gasteiger partial charge is 0.345 e. The predicted molar refractivity (Wildman–Crippen MR) is 215 cm³/mol. The van der Waals surface area contributed by atoms with Gasteiger partial charge in [-0.05, 0) is 71.3 Å². The van der Waals surface area contributed by atoms with Crippen LogP contribution in [0.3, 0.4) is 0 Å². The molecule has 0 bridgehead atoms. The first-order valence-electron chi connectivity index (χ1n) is 16.7. The van der Waals surface area contributed by atoms with Gasteiger partial charge < -0.3 is 9.80 Å². The fourth-order valence-electron chi connectivity index (χ4n) is 6.21. The number of para-hydroxylation sites is 4. The van der Waals surface area contributed by atoms with E-state index in [9.17, 15) is 15.4 Å². The monoisotopic (exact) mass is 695 g/mol. The molecule has 6 aromatic carbocycles. The van der Waals surface area contributed by atoms with Crippen LogP contribution < -0.4 is 9.80 Å². The molecule has 7 rings (SSSR count). The van der Waals surface area contributed by atoms with Crippen LogP contribution in [0, 0.1) is 21.4 Å². The quantitative estimate of drug-likeness (QED) is 0.111. The van der Waals surface area contributed by atoms with Gasteiger partial charge in [0.2, 0.25) is 0 Å². The van der Waals surface area contributed by atoms with Crippen LogP contribution in [0.15, 0.2) is 179 Å². The average molecular weight is 696 g/mol. The number of nitriles is 1. The van der Waals surface area contributed by atoms with Gasteiger partial charge in [-0.15, -0.1) is 0 Å². The molecule has 0 spiro atoms. The second-order valence-electron chi connectivity index (χ2n) is 12.1. The highest BCUT2D eigenvalue weighted by atomic mass is 32.2. The fourth-order valence-corrected chi connectivity index (χ4v) is 7.46. The summed E-state index contributed by atoms with van der Waals surface area (Å²) in [4.78, 5) is 21.4. The minimum atomic E-state index is -0.447. The van der Waals surface area contributed by atoms with Crippen LogP contribution in [0.5, 0.6) is 0 Å². The minimum Gasteiger partial charge on any atom is -0.345 e. The molecular formula is C44H33N5O2S. The summed E-state index contributed by atoms with van der Waals surface area (Å²) >= 11 is 1.36. The molecule has 0 aromatic heterocycles. The Labute approximate surface area is 307 Å². The van der Waals surface area contributed by atoms with Crippen molar-refractivity contribution in [2.45, 2.75) is 0 Å². The van der Waals surface area contributed by atoms with E-state index < -0.39 is 4.92 Å². The Bertz CT molecular complexity index is 2280. The summed E-state index contributed by atoms with van der Waals surface area (Å²) in [6, 6.07) is 55.7. The number of nitro benzene ring substituents is 1. The van der Waals surface area contributed by atoms with Crippen molar-refractivity contribution in [1.29, 1.82) is 5.26 Å². The molecule has 0 aliphatic carbocycles. The summed E-state index contributed by atoms with van der Waals surface area (Å²) in [6.45, 7) is 0. The molecule has 1 aliphatic heterocycles. The predicted octanol–water partition coefficient (Wildman–Crippen LogP) is 11.3. The first-order chi connectivity index (χ1) is 25.4. The molecule has 0 saturated carbocycles. The van der Waals surface area contributed by atoms with Gasteiger partial charge in [0.25, 0.3) is 5.69 Å². The maximum absolute atomic E-state index is 11.9. The zero-order valence-corrected chi connectivity index (χ0v) is 29.4. The number of hydrogen-bond acceptors (Lipinski definition) is 7. The standard InChI is InChI=1S/C44H33N5O2S/c1-47(34-16-8-4-9-17-34)36-26-22-32(23-27-36)41(33-24-28-37(29-25-33)48(2)35-18-10-5-11-19-35)43-42(31-14-6-3-7-15-31)38(30-45)44(52-43)46-39-20-12-13-21-40(39)49(50)51/h3-29H,1-2H3. The van der Waals surface area contributed by atoms with Crippen molar-refractivity contribution in [2.24, 2.45) is 4.99 Å². The Balaban J connectivity index is 1.43. The number of rotatable bonds is 9. The van der Waals surface area contributed by atoms with E-state index in [1.54, 1.807) is 18.2 Å². The van der Waals surface area contributed by atoms with Crippen molar-refractivity contribution in [3.8, 4) is 6.07 Å². The van der Waals surface area contributed by atoms with Crippen molar-refractivity contribution in [3.63, 3.8) is 0 Å². The Morgan fingerprint density at radius 2 is 1.08 bits per heavy atom. The second-order valence-corrected chi connectivity index (χ2v) is 13.1. The molecule has 6 aromatic rings. The Morgan fingerprint density at radius 1 is 0.635 bits per heavy atom. The van der Waals surface area contributed by atoms with Gasteiger partial charge in [-0.2, -0.15) is 5.26 Å². The van der Waals surface area contributed by atoms with Crippen molar-refractivity contribution in [1.82, 2.24) is 0 Å². The molecule has 7 nitrogen and oxygen atoms in total. The molecule has 0 saturated heterocycles. The van der Waals surface area contributed by atoms with Gasteiger partial charge in [-0.3, -0.25) is 10.1 Å². The Kier molecular flexibility index (Phi) is 9.78. The number of nitro groups is 1. The summed E-state index contributed by atoms with van der Waals surface area (Å²) in [5.41, 5.74) is 9.04. The zero-order valence-electron chi connectivity index (χ0n) is 28.5. The molecule has 0 unspecified atom stereocenters. The van der Waals surface area contributed by atoms with Gasteiger partial charge in [-0.25, -0.2) is 4.99 Å². The average Bonchev–Trinajstić information content (AvgIpc) is 3.56. The molecule has 0 N–H and O–H groups in total. The maximum Gasteiger partial charge on any atom is 0.294 e. The lowest BCUT2D eigenvalue weighted by molar-refractivity contribution is -0.384. The van der Waals surface area contributed by atoms with E-state index in [-0.39, 0.29) is 11.4 Å². The Morgan fingerprint density at radius 3 is 1.56 bits per heavy atom. The third-order valence-corrected chi connectivity index (χ3v) is 10.1. The summed E-state index contributed by atoms with van der Waals surface area (Å²) in [5, 5.41) is 23.1. The highest BCUT2D eigenvalue weighted by Crippen LogP contribution is 2.50. The van der Waals surface area contributed by atoms with E-state index in [1.165, 1.54) is 17.8 Å². The highest BCUT2D eigenvalue weighted by molar-refractivity contribution is 8.19. The van der Waals surface area contributed by atoms with Gasteiger partial charge in [-0.1, -0.05) is 115 Å². The zero-order chi connectivity index (χ0) is 36.0. The van der Waals surface area contributed by atoms with Crippen molar-refractivity contribution in [3.05, 3.63) is 201 Å². The number of hydrogen-bond donors (Lipinski definition) is 0. The lowest BCUT2D eigenvalue weighted by Crippen LogP contribution is -2.09. The second kappa shape index (κ2) is 15.1. The number of allylic oxidation sites excluding steroid dienone is 1. The SMILES string of the molecule is CN(c1ccccc1)c1ccc(C(=C2SC(=Nc3ccccc3[N+](=O)[O-])C(C#N)=C2c2ccccc2)c2ccc(N(C)c3ccccc3)cc2)cc1. The van der Waals surface area contributed by atoms with E-state index in [0.29, 0.717) is 10.6 Å².